The molecule has 2 rings (SSSR count). The maximum absolute atomic E-state index is 10.8. The van der Waals surface area contributed by atoms with Gasteiger partial charge in [-0.05, 0) is 43.2 Å². The Morgan fingerprint density at radius 2 is 1.83 bits per heavy atom. The summed E-state index contributed by atoms with van der Waals surface area (Å²) in [5.74, 6) is -0.888. The number of benzene rings is 2. The Bertz CT molecular complexity index is 638. The first-order chi connectivity index (χ1) is 11.1. The molecule has 0 bridgehead atoms. The summed E-state index contributed by atoms with van der Waals surface area (Å²) in [7, 11) is 0. The van der Waals surface area contributed by atoms with Crippen LogP contribution in [0.5, 0.6) is 0 Å². The van der Waals surface area contributed by atoms with Gasteiger partial charge < -0.3 is 15.3 Å². The molecule has 0 amide bonds. The number of rotatable bonds is 8. The summed E-state index contributed by atoms with van der Waals surface area (Å²) in [6.07, 6.45) is 0. The van der Waals surface area contributed by atoms with Gasteiger partial charge in [-0.2, -0.15) is 0 Å². The molecule has 0 aromatic heterocycles. The van der Waals surface area contributed by atoms with Crippen LogP contribution in [0.25, 0.3) is 0 Å². The highest BCUT2D eigenvalue weighted by Crippen LogP contribution is 2.18. The fourth-order valence-electron chi connectivity index (χ4n) is 2.58. The van der Waals surface area contributed by atoms with Crippen molar-refractivity contribution >= 4 is 11.7 Å². The Kier molecular flexibility index (Phi) is 6.18. The summed E-state index contributed by atoms with van der Waals surface area (Å²) in [5.41, 5.74) is 3.99. The van der Waals surface area contributed by atoms with E-state index in [1.165, 1.54) is 11.3 Å². The molecular weight excluding hydrogens is 288 g/mol. The van der Waals surface area contributed by atoms with Crippen LogP contribution >= 0.6 is 0 Å². The lowest BCUT2D eigenvalue weighted by Gasteiger charge is -2.25. The average Bonchev–Trinajstić information content (AvgIpc) is 2.56. The molecule has 0 heterocycles. The lowest BCUT2D eigenvalue weighted by Crippen LogP contribution is -2.32. The van der Waals surface area contributed by atoms with Crippen molar-refractivity contribution < 1.29 is 9.90 Å². The van der Waals surface area contributed by atoms with E-state index in [1.54, 1.807) is 12.1 Å². The normalized spacial score (nSPS) is 10.5. The van der Waals surface area contributed by atoms with Gasteiger partial charge in [0.25, 0.3) is 0 Å². The topological polar surface area (TPSA) is 52.6 Å². The molecule has 0 radical (unpaired) electrons. The Morgan fingerprint density at radius 3 is 2.43 bits per heavy atom. The van der Waals surface area contributed by atoms with E-state index in [4.69, 9.17) is 5.11 Å². The number of anilines is 1. The number of nitrogens with zero attached hydrogens (tertiary/aromatic N) is 1. The molecule has 4 heteroatoms. The maximum Gasteiger partial charge on any atom is 0.335 e. The highest BCUT2D eigenvalue weighted by molar-refractivity contribution is 5.87. The first-order valence-corrected chi connectivity index (χ1v) is 7.95. The first kappa shape index (κ1) is 17.0. The second kappa shape index (κ2) is 8.34. The number of aryl methyl sites for hydroxylation is 1. The van der Waals surface area contributed by atoms with E-state index in [0.717, 1.165) is 31.7 Å². The fourth-order valence-corrected chi connectivity index (χ4v) is 2.58. The van der Waals surface area contributed by atoms with Crippen LogP contribution in [0.15, 0.2) is 48.5 Å². The van der Waals surface area contributed by atoms with E-state index < -0.39 is 5.97 Å². The van der Waals surface area contributed by atoms with Crippen LogP contribution < -0.4 is 10.2 Å². The highest BCUT2D eigenvalue weighted by atomic mass is 16.4. The molecule has 2 aromatic rings. The molecule has 2 aromatic carbocycles. The van der Waals surface area contributed by atoms with Crippen molar-refractivity contribution in [2.24, 2.45) is 0 Å². The molecular formula is C19H24N2O2. The van der Waals surface area contributed by atoms with Gasteiger partial charge in [-0.25, -0.2) is 4.79 Å². The Hall–Kier alpha value is -2.33. The summed E-state index contributed by atoms with van der Waals surface area (Å²) >= 11 is 0. The summed E-state index contributed by atoms with van der Waals surface area (Å²) in [6, 6.07) is 15.4. The van der Waals surface area contributed by atoms with Crippen LogP contribution in [0.3, 0.4) is 0 Å². The number of carboxylic acids is 1. The van der Waals surface area contributed by atoms with Crippen LogP contribution in [0.1, 0.15) is 28.4 Å². The third-order valence-corrected chi connectivity index (χ3v) is 3.93. The number of likely N-dealkylation sites (N-methyl/N-ethyl adjacent to an activating group) is 1. The van der Waals surface area contributed by atoms with Gasteiger partial charge in [0.05, 0.1) is 5.56 Å². The van der Waals surface area contributed by atoms with Crippen molar-refractivity contribution in [3.63, 3.8) is 0 Å². The summed E-state index contributed by atoms with van der Waals surface area (Å²) in [6.45, 7) is 7.83. The smallest absolute Gasteiger partial charge is 0.335 e. The second-order valence-electron chi connectivity index (χ2n) is 5.55. The van der Waals surface area contributed by atoms with E-state index in [9.17, 15) is 4.79 Å². The molecule has 23 heavy (non-hydrogen) atoms. The van der Waals surface area contributed by atoms with Gasteiger partial charge in [0, 0.05) is 31.9 Å². The molecule has 0 fully saturated rings. The number of nitrogens with one attached hydrogen (secondary N) is 1. The lowest BCUT2D eigenvalue weighted by atomic mass is 10.1. The van der Waals surface area contributed by atoms with Crippen molar-refractivity contribution in [1.82, 2.24) is 5.32 Å². The van der Waals surface area contributed by atoms with E-state index in [2.05, 4.69) is 48.3 Å². The molecule has 122 valence electrons. The quantitative estimate of drug-likeness (QED) is 0.734. The maximum atomic E-state index is 10.8. The number of hydrogen-bond acceptors (Lipinski definition) is 3. The van der Waals surface area contributed by atoms with Gasteiger partial charge in [0.2, 0.25) is 0 Å². The van der Waals surface area contributed by atoms with Crippen LogP contribution in [-0.2, 0) is 6.54 Å². The number of carbonyl (C=O) groups is 1. The van der Waals surface area contributed by atoms with Gasteiger partial charge in [-0.15, -0.1) is 0 Å². The summed E-state index contributed by atoms with van der Waals surface area (Å²) in [5, 5.41) is 12.3. The van der Waals surface area contributed by atoms with Crippen molar-refractivity contribution in [3.8, 4) is 0 Å². The Balaban J connectivity index is 1.82. The number of carboxylic acid groups (broad SMARTS) is 1. The predicted octanol–water partition coefficient (Wildman–Crippen LogP) is 3.31. The lowest BCUT2D eigenvalue weighted by molar-refractivity contribution is 0.0697. The predicted molar refractivity (Wildman–Crippen MR) is 94.2 cm³/mol. The number of para-hydroxylation sites is 1. The molecule has 0 saturated heterocycles. The van der Waals surface area contributed by atoms with E-state index in [0.29, 0.717) is 5.56 Å². The molecule has 0 atom stereocenters. The Labute approximate surface area is 137 Å². The molecule has 0 saturated carbocycles. The second-order valence-corrected chi connectivity index (χ2v) is 5.55. The largest absolute Gasteiger partial charge is 0.478 e. The van der Waals surface area contributed by atoms with Crippen molar-refractivity contribution in [2.75, 3.05) is 24.5 Å². The summed E-state index contributed by atoms with van der Waals surface area (Å²) < 4.78 is 0. The minimum atomic E-state index is -0.888. The summed E-state index contributed by atoms with van der Waals surface area (Å²) in [4.78, 5) is 13.2. The molecule has 0 spiro atoms. The third-order valence-electron chi connectivity index (χ3n) is 3.93. The zero-order valence-corrected chi connectivity index (χ0v) is 13.7. The molecule has 0 unspecified atom stereocenters. The van der Waals surface area contributed by atoms with Gasteiger partial charge >= 0.3 is 5.97 Å². The van der Waals surface area contributed by atoms with Crippen LogP contribution in [0.4, 0.5) is 5.69 Å². The van der Waals surface area contributed by atoms with Gasteiger partial charge in [0.1, 0.15) is 0 Å². The van der Waals surface area contributed by atoms with Crippen molar-refractivity contribution in [3.05, 3.63) is 65.2 Å². The van der Waals surface area contributed by atoms with Gasteiger partial charge in [-0.3, -0.25) is 0 Å². The zero-order chi connectivity index (χ0) is 16.7. The van der Waals surface area contributed by atoms with Crippen molar-refractivity contribution in [2.45, 2.75) is 20.4 Å². The molecule has 4 nitrogen and oxygen atoms in total. The SMILES string of the molecule is CCN(CCNCc1ccc(C(=O)O)cc1)c1ccccc1C. The highest BCUT2D eigenvalue weighted by Gasteiger charge is 2.06. The van der Waals surface area contributed by atoms with Crippen molar-refractivity contribution in [1.29, 1.82) is 0 Å². The van der Waals surface area contributed by atoms with Crippen LogP contribution in [0, 0.1) is 6.92 Å². The minimum Gasteiger partial charge on any atom is -0.478 e. The fraction of sp³-hybridized carbons (Fsp3) is 0.316. The average molecular weight is 312 g/mol. The molecule has 0 aliphatic carbocycles. The van der Waals surface area contributed by atoms with E-state index >= 15 is 0 Å². The first-order valence-electron chi connectivity index (χ1n) is 7.95. The number of hydrogen-bond donors (Lipinski definition) is 2. The van der Waals surface area contributed by atoms with E-state index in [-0.39, 0.29) is 0 Å². The number of aromatic carboxylic acids is 1. The molecule has 0 aliphatic heterocycles. The monoisotopic (exact) mass is 312 g/mol. The minimum absolute atomic E-state index is 0.325. The van der Waals surface area contributed by atoms with E-state index in [1.807, 2.05) is 12.1 Å². The third kappa shape index (κ3) is 4.83. The van der Waals surface area contributed by atoms with Gasteiger partial charge in [-0.1, -0.05) is 30.3 Å². The van der Waals surface area contributed by atoms with Crippen LogP contribution in [-0.4, -0.2) is 30.7 Å². The Morgan fingerprint density at radius 1 is 1.13 bits per heavy atom. The zero-order valence-electron chi connectivity index (χ0n) is 13.7. The van der Waals surface area contributed by atoms with Crippen LogP contribution in [0.2, 0.25) is 0 Å². The molecule has 2 N–H and O–H groups in total. The molecule has 0 aliphatic rings. The van der Waals surface area contributed by atoms with Gasteiger partial charge in [0.15, 0.2) is 0 Å². The standard InChI is InChI=1S/C19H24N2O2/c1-3-21(18-7-5-4-6-15(18)2)13-12-20-14-16-8-10-17(11-9-16)19(22)23/h4-11,20H,3,12-14H2,1-2H3,(H,22,23).